The maximum atomic E-state index is 13.7. The Balaban J connectivity index is 2.23. The molecule has 1 aliphatic rings. The lowest BCUT2D eigenvalue weighted by Gasteiger charge is -2.28. The van der Waals surface area contributed by atoms with Gasteiger partial charge in [-0.3, -0.25) is 0 Å². The first-order chi connectivity index (χ1) is 8.09. The molecule has 1 aromatic rings. The zero-order valence-corrected chi connectivity index (χ0v) is 10.5. The van der Waals surface area contributed by atoms with Crippen molar-refractivity contribution in [2.45, 2.75) is 12.1 Å². The Kier molecular flexibility index (Phi) is 4.09. The first-order valence-electron chi connectivity index (χ1n) is 5.19. The lowest BCUT2D eigenvalue weighted by atomic mass is 10.0. The number of nitrogens with two attached hydrogens (primary N) is 1. The van der Waals surface area contributed by atoms with Gasteiger partial charge in [-0.2, -0.15) is 0 Å². The Morgan fingerprint density at radius 1 is 1.29 bits per heavy atom. The number of ether oxygens (including phenoxy) is 2. The summed E-state index contributed by atoms with van der Waals surface area (Å²) in [6, 6.07) is 1.41. The second-order valence-electron chi connectivity index (χ2n) is 3.80. The van der Waals surface area contributed by atoms with Crippen molar-refractivity contribution in [3.05, 3.63) is 33.8 Å². The van der Waals surface area contributed by atoms with E-state index in [9.17, 15) is 8.78 Å². The fourth-order valence-electron chi connectivity index (χ4n) is 1.71. The zero-order chi connectivity index (χ0) is 12.4. The van der Waals surface area contributed by atoms with Crippen molar-refractivity contribution in [1.82, 2.24) is 0 Å². The molecule has 2 rings (SSSR count). The average Bonchev–Trinajstić information content (AvgIpc) is 2.34. The maximum Gasteiger partial charge on any atom is 0.137 e. The summed E-state index contributed by atoms with van der Waals surface area (Å²) in [6.07, 6.45) is -0.446. The van der Waals surface area contributed by atoms with Gasteiger partial charge in [0.25, 0.3) is 0 Å². The lowest BCUT2D eigenvalue weighted by molar-refractivity contribution is -0.0979. The highest BCUT2D eigenvalue weighted by Crippen LogP contribution is 2.26. The second-order valence-corrected chi connectivity index (χ2v) is 4.65. The third kappa shape index (κ3) is 2.82. The Morgan fingerprint density at radius 3 is 2.71 bits per heavy atom. The molecule has 0 aromatic heterocycles. The summed E-state index contributed by atoms with van der Waals surface area (Å²) in [5.74, 6) is -1.10. The molecule has 1 aromatic carbocycles. The van der Waals surface area contributed by atoms with Crippen molar-refractivity contribution in [2.75, 3.05) is 19.8 Å². The number of hydrogen-bond donors (Lipinski definition) is 1. The summed E-state index contributed by atoms with van der Waals surface area (Å²) in [5, 5.41) is 0. The first-order valence-corrected chi connectivity index (χ1v) is 5.98. The van der Waals surface area contributed by atoms with Gasteiger partial charge in [-0.25, -0.2) is 8.78 Å². The van der Waals surface area contributed by atoms with E-state index in [2.05, 4.69) is 15.9 Å². The van der Waals surface area contributed by atoms with Crippen LogP contribution in [0.2, 0.25) is 0 Å². The van der Waals surface area contributed by atoms with Crippen LogP contribution in [0, 0.1) is 11.6 Å². The molecule has 0 bridgehead atoms. The van der Waals surface area contributed by atoms with Gasteiger partial charge in [0.15, 0.2) is 0 Å². The number of rotatable bonds is 2. The molecule has 17 heavy (non-hydrogen) atoms. The Bertz CT molecular complexity index is 411. The zero-order valence-electron chi connectivity index (χ0n) is 8.96. The van der Waals surface area contributed by atoms with Crippen molar-refractivity contribution >= 4 is 15.9 Å². The van der Waals surface area contributed by atoms with Gasteiger partial charge >= 0.3 is 0 Å². The minimum atomic E-state index is -0.738. The van der Waals surface area contributed by atoms with Gasteiger partial charge in [-0.05, 0) is 28.1 Å². The summed E-state index contributed by atoms with van der Waals surface area (Å²) in [6.45, 7) is 1.21. The third-order valence-electron chi connectivity index (χ3n) is 2.64. The molecule has 0 amide bonds. The van der Waals surface area contributed by atoms with Crippen LogP contribution in [0.1, 0.15) is 11.6 Å². The van der Waals surface area contributed by atoms with E-state index in [-0.39, 0.29) is 16.6 Å². The highest BCUT2D eigenvalue weighted by molar-refractivity contribution is 9.10. The smallest absolute Gasteiger partial charge is 0.137 e. The molecule has 3 nitrogen and oxygen atoms in total. The van der Waals surface area contributed by atoms with Crippen molar-refractivity contribution in [2.24, 2.45) is 5.73 Å². The van der Waals surface area contributed by atoms with Crippen LogP contribution in [0.3, 0.4) is 0 Å². The van der Waals surface area contributed by atoms with E-state index in [0.717, 1.165) is 12.1 Å². The molecule has 0 radical (unpaired) electrons. The van der Waals surface area contributed by atoms with Crippen molar-refractivity contribution in [1.29, 1.82) is 0 Å². The molecule has 6 heteroatoms. The van der Waals surface area contributed by atoms with E-state index in [1.54, 1.807) is 0 Å². The quantitative estimate of drug-likeness (QED) is 0.852. The van der Waals surface area contributed by atoms with Crippen LogP contribution in [0.15, 0.2) is 16.6 Å². The minimum absolute atomic E-state index is 0.0757. The molecule has 2 N–H and O–H groups in total. The highest BCUT2D eigenvalue weighted by Gasteiger charge is 2.26. The Morgan fingerprint density at radius 2 is 2.06 bits per heavy atom. The number of benzene rings is 1. The van der Waals surface area contributed by atoms with Gasteiger partial charge in [0, 0.05) is 5.56 Å². The van der Waals surface area contributed by atoms with Crippen LogP contribution in [0.4, 0.5) is 8.78 Å². The van der Waals surface area contributed by atoms with Gasteiger partial charge < -0.3 is 15.2 Å². The molecule has 0 aliphatic carbocycles. The molecule has 1 aliphatic heterocycles. The van der Waals surface area contributed by atoms with Gasteiger partial charge in [-0.1, -0.05) is 0 Å². The van der Waals surface area contributed by atoms with Gasteiger partial charge in [0.2, 0.25) is 0 Å². The topological polar surface area (TPSA) is 44.5 Å². The predicted molar refractivity (Wildman–Crippen MR) is 61.5 cm³/mol. The van der Waals surface area contributed by atoms with Crippen LogP contribution >= 0.6 is 15.9 Å². The highest BCUT2D eigenvalue weighted by atomic mass is 79.9. The molecule has 94 valence electrons. The van der Waals surface area contributed by atoms with Gasteiger partial charge in [-0.15, -0.1) is 0 Å². The molecule has 2 atom stereocenters. The largest absolute Gasteiger partial charge is 0.376 e. The van der Waals surface area contributed by atoms with E-state index >= 15 is 0 Å². The number of hydrogen-bond acceptors (Lipinski definition) is 3. The van der Waals surface area contributed by atoms with E-state index < -0.39 is 23.8 Å². The fourth-order valence-corrected chi connectivity index (χ4v) is 2.02. The molecule has 1 saturated heterocycles. The van der Waals surface area contributed by atoms with Crippen LogP contribution in [0.5, 0.6) is 0 Å². The van der Waals surface area contributed by atoms with E-state index in [1.807, 2.05) is 0 Å². The van der Waals surface area contributed by atoms with Gasteiger partial charge in [0.1, 0.15) is 17.7 Å². The molecule has 2 unspecified atom stereocenters. The van der Waals surface area contributed by atoms with Crippen LogP contribution in [0.25, 0.3) is 0 Å². The third-order valence-corrected chi connectivity index (χ3v) is 3.25. The summed E-state index contributed by atoms with van der Waals surface area (Å²) in [4.78, 5) is 0. The lowest BCUT2D eigenvalue weighted by Crippen LogP contribution is -2.38. The van der Waals surface area contributed by atoms with Crippen molar-refractivity contribution in [3.63, 3.8) is 0 Å². The molecular formula is C11H12BrF2NO2. The van der Waals surface area contributed by atoms with E-state index in [4.69, 9.17) is 15.2 Å². The van der Waals surface area contributed by atoms with E-state index in [0.29, 0.717) is 13.2 Å². The van der Waals surface area contributed by atoms with Crippen molar-refractivity contribution < 1.29 is 18.3 Å². The minimum Gasteiger partial charge on any atom is -0.376 e. The average molecular weight is 308 g/mol. The van der Waals surface area contributed by atoms with Crippen LogP contribution < -0.4 is 5.73 Å². The monoisotopic (exact) mass is 307 g/mol. The SMILES string of the molecule is NC(c1cc(F)c(Br)cc1F)C1COCCO1. The normalized spacial score (nSPS) is 22.5. The van der Waals surface area contributed by atoms with E-state index in [1.165, 1.54) is 0 Å². The van der Waals surface area contributed by atoms with Gasteiger partial charge in [0.05, 0.1) is 30.3 Å². The Labute approximate surface area is 106 Å². The maximum absolute atomic E-state index is 13.7. The van der Waals surface area contributed by atoms with Crippen molar-refractivity contribution in [3.8, 4) is 0 Å². The standard InChI is InChI=1S/C11H12BrF2NO2/c12-7-4-8(13)6(3-9(7)14)11(15)10-5-16-1-2-17-10/h3-4,10-11H,1-2,5,15H2. The second kappa shape index (κ2) is 5.39. The Hall–Kier alpha value is -0.560. The summed E-state index contributed by atoms with van der Waals surface area (Å²) in [5.41, 5.74) is 5.96. The molecule has 0 spiro atoms. The summed E-state index contributed by atoms with van der Waals surface area (Å²) < 4.78 is 37.6. The summed E-state index contributed by atoms with van der Waals surface area (Å²) in [7, 11) is 0. The van der Waals surface area contributed by atoms with Crippen LogP contribution in [-0.2, 0) is 9.47 Å². The fraction of sp³-hybridized carbons (Fsp3) is 0.455. The molecule has 1 heterocycles. The summed E-state index contributed by atoms with van der Waals surface area (Å²) >= 11 is 2.91. The predicted octanol–water partition coefficient (Wildman–Crippen LogP) is 2.14. The first kappa shape index (κ1) is 12.9. The molecule has 0 saturated carbocycles. The number of halogens is 3. The van der Waals surface area contributed by atoms with Crippen LogP contribution in [-0.4, -0.2) is 25.9 Å². The molecular weight excluding hydrogens is 296 g/mol. The molecule has 1 fully saturated rings.